The fourth-order valence-corrected chi connectivity index (χ4v) is 0.379. The van der Waals surface area contributed by atoms with Gasteiger partial charge in [-0.3, -0.25) is 0 Å². The van der Waals surface area contributed by atoms with Crippen LogP contribution >= 0.6 is 0 Å². The number of aliphatic hydroxyl groups excluding tert-OH is 1. The number of halogens is 7. The van der Waals surface area contributed by atoms with Crippen molar-refractivity contribution in [2.24, 2.45) is 0 Å². The van der Waals surface area contributed by atoms with Crippen LogP contribution in [0.4, 0.5) is 30.7 Å². The third kappa shape index (κ3) is 2.11. The molecule has 0 bridgehead atoms. The summed E-state index contributed by atoms with van der Waals surface area (Å²) >= 11 is 0. The molecule has 0 spiro atoms. The monoisotopic (exact) mass is 212 g/mol. The maximum Gasteiger partial charge on any atom is 0.368 e. The Balaban J connectivity index is 5.09. The van der Waals surface area contributed by atoms with Gasteiger partial charge in [-0.2, -0.15) is 30.7 Å². The second kappa shape index (κ2) is 3.52. The first-order chi connectivity index (χ1) is 5.66. The molecule has 0 unspecified atom stereocenters. The van der Waals surface area contributed by atoms with Crippen LogP contribution in [0.1, 0.15) is 0 Å². The lowest BCUT2D eigenvalue weighted by Crippen LogP contribution is -2.44. The number of hydrogen-bond acceptors (Lipinski definition) is 1. The van der Waals surface area contributed by atoms with Crippen LogP contribution < -0.4 is 0 Å². The summed E-state index contributed by atoms with van der Waals surface area (Å²) in [6, 6.07) is 0. The van der Waals surface area contributed by atoms with Crippen molar-refractivity contribution in [1.29, 1.82) is 0 Å². The third-order valence-electron chi connectivity index (χ3n) is 1.10. The number of hydrogen-bond donors (Lipinski definition) is 1. The first-order valence-corrected chi connectivity index (χ1v) is 2.74. The van der Waals surface area contributed by atoms with Gasteiger partial charge >= 0.3 is 17.9 Å². The molecule has 0 aliphatic rings. The summed E-state index contributed by atoms with van der Waals surface area (Å²) in [4.78, 5) is 0. The van der Waals surface area contributed by atoms with E-state index in [0.29, 0.717) is 0 Å². The summed E-state index contributed by atoms with van der Waals surface area (Å²) in [5.74, 6) is -14.5. The van der Waals surface area contributed by atoms with Gasteiger partial charge in [-0.05, 0) is 0 Å². The Kier molecular flexibility index (Phi) is 3.31. The molecule has 0 aliphatic carbocycles. The van der Waals surface area contributed by atoms with Gasteiger partial charge in [0.15, 0.2) is 0 Å². The summed E-state index contributed by atoms with van der Waals surface area (Å²) in [6.07, 6.45) is -3.54. The van der Waals surface area contributed by atoms with Crippen LogP contribution in [0.3, 0.4) is 0 Å². The molecular formula is C5H3F7O. The van der Waals surface area contributed by atoms with Crippen LogP contribution in [0.5, 0.6) is 0 Å². The predicted octanol–water partition coefficient (Wildman–Crippen LogP) is 2.33. The minimum atomic E-state index is -5.69. The molecule has 0 saturated carbocycles. The molecule has 0 aliphatic heterocycles. The van der Waals surface area contributed by atoms with Crippen LogP contribution in [-0.4, -0.2) is 23.6 Å². The SMILES string of the molecule is OCC(F)(F)C(F)(F)C(F)=C(F)F. The molecule has 0 saturated heterocycles. The van der Waals surface area contributed by atoms with E-state index < -0.39 is 30.4 Å². The average molecular weight is 212 g/mol. The Morgan fingerprint density at radius 3 is 1.62 bits per heavy atom. The average Bonchev–Trinajstić information content (AvgIpc) is 2.02. The highest BCUT2D eigenvalue weighted by atomic mass is 19.3. The molecule has 1 nitrogen and oxygen atoms in total. The molecule has 0 atom stereocenters. The summed E-state index contributed by atoms with van der Waals surface area (Å²) in [5.41, 5.74) is 0. The van der Waals surface area contributed by atoms with E-state index in [9.17, 15) is 30.7 Å². The highest BCUT2D eigenvalue weighted by Gasteiger charge is 2.61. The van der Waals surface area contributed by atoms with Crippen molar-refractivity contribution in [3.63, 3.8) is 0 Å². The Morgan fingerprint density at radius 2 is 1.38 bits per heavy atom. The van der Waals surface area contributed by atoms with E-state index in [1.54, 1.807) is 0 Å². The van der Waals surface area contributed by atoms with Crippen molar-refractivity contribution in [3.8, 4) is 0 Å². The standard InChI is InChI=1S/C5H3F7O/c6-2(3(7)8)5(11,12)4(9,10)1-13/h13H,1H2. The lowest BCUT2D eigenvalue weighted by atomic mass is 10.1. The quantitative estimate of drug-likeness (QED) is 0.711. The molecule has 0 aromatic carbocycles. The molecule has 0 rings (SSSR count). The Bertz CT molecular complexity index is 217. The molecule has 0 aromatic rings. The van der Waals surface area contributed by atoms with E-state index in [4.69, 9.17) is 5.11 Å². The van der Waals surface area contributed by atoms with Gasteiger partial charge in [-0.15, -0.1) is 0 Å². The van der Waals surface area contributed by atoms with E-state index in [1.807, 2.05) is 0 Å². The summed E-state index contributed by atoms with van der Waals surface area (Å²) in [5, 5.41) is 7.70. The number of alkyl halides is 4. The molecule has 0 aromatic heterocycles. The van der Waals surface area contributed by atoms with Crippen molar-refractivity contribution in [2.75, 3.05) is 6.61 Å². The molecule has 0 fully saturated rings. The third-order valence-corrected chi connectivity index (χ3v) is 1.10. The largest absolute Gasteiger partial charge is 0.390 e. The van der Waals surface area contributed by atoms with Crippen LogP contribution in [0.2, 0.25) is 0 Å². The number of allylic oxidation sites excluding steroid dienone is 1. The fourth-order valence-electron chi connectivity index (χ4n) is 0.379. The smallest absolute Gasteiger partial charge is 0.368 e. The zero-order chi connectivity index (χ0) is 10.9. The second-order valence-corrected chi connectivity index (χ2v) is 2.01. The molecule has 13 heavy (non-hydrogen) atoms. The summed E-state index contributed by atoms with van der Waals surface area (Å²) in [6.45, 7) is -2.43. The van der Waals surface area contributed by atoms with Crippen molar-refractivity contribution in [1.82, 2.24) is 0 Å². The van der Waals surface area contributed by atoms with Crippen LogP contribution in [0.15, 0.2) is 11.9 Å². The maximum absolute atomic E-state index is 12.0. The van der Waals surface area contributed by atoms with E-state index in [1.165, 1.54) is 0 Å². The van der Waals surface area contributed by atoms with Gasteiger partial charge in [0.2, 0.25) is 5.83 Å². The molecule has 0 heterocycles. The summed E-state index contributed by atoms with van der Waals surface area (Å²) < 4.78 is 82.1. The first kappa shape index (κ1) is 12.2. The van der Waals surface area contributed by atoms with E-state index >= 15 is 0 Å². The molecular weight excluding hydrogens is 209 g/mol. The predicted molar refractivity (Wildman–Crippen MR) is 27.3 cm³/mol. The van der Waals surface area contributed by atoms with E-state index in [2.05, 4.69) is 0 Å². The first-order valence-electron chi connectivity index (χ1n) is 2.74. The van der Waals surface area contributed by atoms with Crippen molar-refractivity contribution in [2.45, 2.75) is 11.8 Å². The lowest BCUT2D eigenvalue weighted by molar-refractivity contribution is -0.214. The van der Waals surface area contributed by atoms with Gasteiger partial charge < -0.3 is 5.11 Å². The minimum absolute atomic E-state index is 2.43. The number of rotatable bonds is 3. The van der Waals surface area contributed by atoms with Crippen LogP contribution in [-0.2, 0) is 0 Å². The van der Waals surface area contributed by atoms with Gasteiger partial charge in [0.1, 0.15) is 6.61 Å². The Morgan fingerprint density at radius 1 is 1.00 bits per heavy atom. The van der Waals surface area contributed by atoms with Crippen molar-refractivity contribution >= 4 is 0 Å². The van der Waals surface area contributed by atoms with Gasteiger partial charge in [-0.1, -0.05) is 0 Å². The van der Waals surface area contributed by atoms with E-state index in [0.717, 1.165) is 0 Å². The van der Waals surface area contributed by atoms with E-state index in [-0.39, 0.29) is 0 Å². The Hall–Kier alpha value is -0.790. The number of aliphatic hydroxyl groups is 1. The normalized spacial score (nSPS) is 12.9. The zero-order valence-electron chi connectivity index (χ0n) is 5.80. The fraction of sp³-hybridized carbons (Fsp3) is 0.600. The maximum atomic E-state index is 12.0. The van der Waals surface area contributed by atoms with Gasteiger partial charge in [0, 0.05) is 0 Å². The highest BCUT2D eigenvalue weighted by molar-refractivity contribution is 5.10. The zero-order valence-corrected chi connectivity index (χ0v) is 5.80. The van der Waals surface area contributed by atoms with Crippen LogP contribution in [0, 0.1) is 0 Å². The van der Waals surface area contributed by atoms with Crippen LogP contribution in [0.25, 0.3) is 0 Å². The summed E-state index contributed by atoms with van der Waals surface area (Å²) in [7, 11) is 0. The van der Waals surface area contributed by atoms with Gasteiger partial charge in [-0.25, -0.2) is 0 Å². The second-order valence-electron chi connectivity index (χ2n) is 2.01. The molecule has 0 amide bonds. The minimum Gasteiger partial charge on any atom is -0.390 e. The van der Waals surface area contributed by atoms with Crippen molar-refractivity contribution < 1.29 is 35.8 Å². The van der Waals surface area contributed by atoms with Crippen molar-refractivity contribution in [3.05, 3.63) is 11.9 Å². The Labute approximate surface area is 67.5 Å². The topological polar surface area (TPSA) is 20.2 Å². The lowest BCUT2D eigenvalue weighted by Gasteiger charge is -2.22. The van der Waals surface area contributed by atoms with Gasteiger partial charge in [0.25, 0.3) is 0 Å². The highest BCUT2D eigenvalue weighted by Crippen LogP contribution is 2.41. The molecule has 8 heteroatoms. The molecule has 0 radical (unpaired) electrons. The molecule has 78 valence electrons. The van der Waals surface area contributed by atoms with Gasteiger partial charge in [0.05, 0.1) is 0 Å². The molecule has 1 N–H and O–H groups in total.